The van der Waals surface area contributed by atoms with Crippen molar-refractivity contribution >= 4 is 21.8 Å². The highest BCUT2D eigenvalue weighted by Crippen LogP contribution is 2.26. The number of nitrogens with two attached hydrogens (primary N) is 1. The van der Waals surface area contributed by atoms with Crippen LogP contribution in [0.15, 0.2) is 22.7 Å². The summed E-state index contributed by atoms with van der Waals surface area (Å²) in [7, 11) is 0. The molecule has 2 atom stereocenters. The van der Waals surface area contributed by atoms with Crippen LogP contribution in [0.4, 0.5) is 0 Å². The van der Waals surface area contributed by atoms with Crippen molar-refractivity contribution in [3.8, 4) is 5.75 Å². The number of rotatable bonds is 4. The molecular weight excluding hydrogens is 332 g/mol. The van der Waals surface area contributed by atoms with Gasteiger partial charge in [0.25, 0.3) is 0 Å². The van der Waals surface area contributed by atoms with Crippen LogP contribution in [0, 0.1) is 6.92 Å². The summed E-state index contributed by atoms with van der Waals surface area (Å²) in [5, 5.41) is 0. The number of nitrogens with zero attached hydrogens (tertiary/aromatic N) is 1. The van der Waals surface area contributed by atoms with Gasteiger partial charge in [0.1, 0.15) is 5.75 Å². The minimum atomic E-state index is 0.151. The molecule has 0 unspecified atom stereocenters. The summed E-state index contributed by atoms with van der Waals surface area (Å²) in [6.07, 6.45) is 2.18. The molecule has 5 heteroatoms. The molecule has 0 saturated carbocycles. The highest BCUT2D eigenvalue weighted by atomic mass is 79.9. The van der Waals surface area contributed by atoms with Gasteiger partial charge >= 0.3 is 0 Å². The van der Waals surface area contributed by atoms with Gasteiger partial charge in [0, 0.05) is 18.6 Å². The maximum atomic E-state index is 12.2. The van der Waals surface area contributed by atoms with Crippen LogP contribution < -0.4 is 10.5 Å². The molecule has 0 bridgehead atoms. The number of carbonyl (C=O) groups is 1. The SMILES string of the molecule is Cc1ccc(OCCC(=O)N2CC[C@@H](N)C[C@H]2C)c(Br)c1. The fourth-order valence-corrected chi connectivity index (χ4v) is 3.30. The minimum Gasteiger partial charge on any atom is -0.492 e. The Bertz CT molecular complexity index is 507. The average molecular weight is 355 g/mol. The van der Waals surface area contributed by atoms with Crippen molar-refractivity contribution in [2.45, 2.75) is 45.2 Å². The number of halogens is 1. The number of ether oxygens (including phenoxy) is 1. The van der Waals surface area contributed by atoms with Crippen LogP contribution in [0.25, 0.3) is 0 Å². The van der Waals surface area contributed by atoms with Crippen molar-refractivity contribution in [1.29, 1.82) is 0 Å². The number of carbonyl (C=O) groups excluding carboxylic acids is 1. The lowest BCUT2D eigenvalue weighted by Crippen LogP contribution is -2.48. The number of amides is 1. The number of likely N-dealkylation sites (tertiary alicyclic amines) is 1. The molecule has 21 heavy (non-hydrogen) atoms. The molecule has 2 rings (SSSR count). The van der Waals surface area contributed by atoms with E-state index in [0.29, 0.717) is 13.0 Å². The number of hydrogen-bond acceptors (Lipinski definition) is 3. The fraction of sp³-hybridized carbons (Fsp3) is 0.562. The Morgan fingerprint density at radius 3 is 2.95 bits per heavy atom. The molecule has 1 fully saturated rings. The maximum absolute atomic E-state index is 12.2. The first-order valence-corrected chi connectivity index (χ1v) is 8.20. The third-order valence-corrected chi connectivity index (χ3v) is 4.52. The second-order valence-electron chi connectivity index (χ2n) is 5.75. The second kappa shape index (κ2) is 7.27. The molecule has 1 amide bonds. The quantitative estimate of drug-likeness (QED) is 0.904. The highest BCUT2D eigenvalue weighted by Gasteiger charge is 2.26. The van der Waals surface area contributed by atoms with E-state index in [1.807, 2.05) is 30.0 Å². The van der Waals surface area contributed by atoms with E-state index in [0.717, 1.165) is 29.6 Å². The van der Waals surface area contributed by atoms with Crippen molar-refractivity contribution in [1.82, 2.24) is 4.90 Å². The predicted octanol–water partition coefficient (Wildman–Crippen LogP) is 2.86. The summed E-state index contributed by atoms with van der Waals surface area (Å²) in [6.45, 7) is 5.25. The number of aryl methyl sites for hydroxylation is 1. The van der Waals surface area contributed by atoms with Crippen molar-refractivity contribution in [2.75, 3.05) is 13.2 Å². The zero-order valence-corrected chi connectivity index (χ0v) is 14.2. The van der Waals surface area contributed by atoms with Gasteiger partial charge in [-0.15, -0.1) is 0 Å². The third kappa shape index (κ3) is 4.45. The predicted molar refractivity (Wildman–Crippen MR) is 87.4 cm³/mol. The summed E-state index contributed by atoms with van der Waals surface area (Å²) >= 11 is 3.47. The van der Waals surface area contributed by atoms with Gasteiger partial charge < -0.3 is 15.4 Å². The zero-order chi connectivity index (χ0) is 15.4. The van der Waals surface area contributed by atoms with E-state index in [1.165, 1.54) is 5.56 Å². The maximum Gasteiger partial charge on any atom is 0.226 e. The van der Waals surface area contributed by atoms with Crippen LogP contribution in [0.2, 0.25) is 0 Å². The molecule has 1 aromatic rings. The lowest BCUT2D eigenvalue weighted by molar-refractivity contribution is -0.135. The van der Waals surface area contributed by atoms with Crippen LogP contribution in [0.1, 0.15) is 31.7 Å². The largest absolute Gasteiger partial charge is 0.492 e. The first-order chi connectivity index (χ1) is 9.97. The molecule has 0 spiro atoms. The van der Waals surface area contributed by atoms with E-state index in [-0.39, 0.29) is 18.0 Å². The zero-order valence-electron chi connectivity index (χ0n) is 12.6. The summed E-state index contributed by atoms with van der Waals surface area (Å²) in [6, 6.07) is 6.38. The van der Waals surface area contributed by atoms with Gasteiger partial charge in [-0.25, -0.2) is 0 Å². The standard InChI is InChI=1S/C16H23BrN2O2/c1-11-3-4-15(14(17)9-11)21-8-6-16(20)19-7-5-13(18)10-12(19)2/h3-4,9,12-13H,5-8,10,18H2,1-2H3/t12-,13-/m1/s1. The molecule has 1 aliphatic rings. The molecule has 0 radical (unpaired) electrons. The van der Waals surface area contributed by atoms with E-state index in [2.05, 4.69) is 22.9 Å². The van der Waals surface area contributed by atoms with Crippen LogP contribution >= 0.6 is 15.9 Å². The van der Waals surface area contributed by atoms with Crippen LogP contribution in [0.3, 0.4) is 0 Å². The Balaban J connectivity index is 1.81. The summed E-state index contributed by atoms with van der Waals surface area (Å²) in [4.78, 5) is 14.2. The Morgan fingerprint density at radius 1 is 1.52 bits per heavy atom. The van der Waals surface area contributed by atoms with E-state index >= 15 is 0 Å². The molecule has 4 nitrogen and oxygen atoms in total. The molecule has 1 aromatic carbocycles. The molecule has 1 heterocycles. The monoisotopic (exact) mass is 354 g/mol. The first-order valence-electron chi connectivity index (χ1n) is 7.41. The molecule has 0 aromatic heterocycles. The van der Waals surface area contributed by atoms with Gasteiger partial charge in [-0.3, -0.25) is 4.79 Å². The summed E-state index contributed by atoms with van der Waals surface area (Å²) in [5.41, 5.74) is 7.09. The van der Waals surface area contributed by atoms with Gasteiger partial charge in [-0.05, 0) is 60.3 Å². The lowest BCUT2D eigenvalue weighted by atomic mass is 9.99. The van der Waals surface area contributed by atoms with E-state index in [1.54, 1.807) is 0 Å². The van der Waals surface area contributed by atoms with Gasteiger partial charge in [-0.1, -0.05) is 6.07 Å². The molecule has 2 N–H and O–H groups in total. The average Bonchev–Trinajstić information content (AvgIpc) is 2.41. The number of benzene rings is 1. The van der Waals surface area contributed by atoms with Crippen molar-refractivity contribution in [2.24, 2.45) is 5.73 Å². The second-order valence-corrected chi connectivity index (χ2v) is 6.61. The Hall–Kier alpha value is -1.07. The first kappa shape index (κ1) is 16.3. The van der Waals surface area contributed by atoms with Crippen LogP contribution in [-0.2, 0) is 4.79 Å². The molecular formula is C16H23BrN2O2. The van der Waals surface area contributed by atoms with Crippen molar-refractivity contribution < 1.29 is 9.53 Å². The highest BCUT2D eigenvalue weighted by molar-refractivity contribution is 9.10. The number of hydrogen-bond donors (Lipinski definition) is 1. The fourth-order valence-electron chi connectivity index (χ4n) is 2.69. The van der Waals surface area contributed by atoms with Gasteiger partial charge in [0.2, 0.25) is 5.91 Å². The normalized spacial score (nSPS) is 22.2. The smallest absolute Gasteiger partial charge is 0.226 e. The molecule has 1 saturated heterocycles. The number of piperidine rings is 1. The Kier molecular flexibility index (Phi) is 5.65. The van der Waals surface area contributed by atoms with Crippen LogP contribution in [0.5, 0.6) is 5.75 Å². The van der Waals surface area contributed by atoms with Gasteiger partial charge in [0.15, 0.2) is 0 Å². The molecule has 0 aliphatic carbocycles. The summed E-state index contributed by atoms with van der Waals surface area (Å²) < 4.78 is 6.61. The lowest BCUT2D eigenvalue weighted by Gasteiger charge is -2.36. The van der Waals surface area contributed by atoms with Crippen molar-refractivity contribution in [3.63, 3.8) is 0 Å². The third-order valence-electron chi connectivity index (χ3n) is 3.90. The molecule has 1 aliphatic heterocycles. The van der Waals surface area contributed by atoms with Gasteiger partial charge in [0.05, 0.1) is 17.5 Å². The Morgan fingerprint density at radius 2 is 2.29 bits per heavy atom. The van der Waals surface area contributed by atoms with E-state index in [4.69, 9.17) is 10.5 Å². The van der Waals surface area contributed by atoms with Gasteiger partial charge in [-0.2, -0.15) is 0 Å². The molecule has 116 valence electrons. The summed E-state index contributed by atoms with van der Waals surface area (Å²) in [5.74, 6) is 0.930. The minimum absolute atomic E-state index is 0.151. The van der Waals surface area contributed by atoms with Crippen molar-refractivity contribution in [3.05, 3.63) is 28.2 Å². The van der Waals surface area contributed by atoms with E-state index < -0.39 is 0 Å². The van der Waals surface area contributed by atoms with Crippen LogP contribution in [-0.4, -0.2) is 36.0 Å². The van der Waals surface area contributed by atoms with E-state index in [9.17, 15) is 4.79 Å². The Labute approximate surface area is 134 Å². The topological polar surface area (TPSA) is 55.6 Å².